The number of aromatic nitrogens is 1. The summed E-state index contributed by atoms with van der Waals surface area (Å²) in [5.41, 5.74) is 1.79. The molecule has 1 atom stereocenters. The molecular weight excluding hydrogens is 442 g/mol. The van der Waals surface area contributed by atoms with Gasteiger partial charge in [-0.05, 0) is 29.8 Å². The quantitative estimate of drug-likeness (QED) is 0.572. The summed E-state index contributed by atoms with van der Waals surface area (Å²) in [5.74, 6) is -1.89. The van der Waals surface area contributed by atoms with Crippen LogP contribution in [0, 0.1) is 11.6 Å². The topological polar surface area (TPSA) is 66.8 Å². The number of urea groups is 1. The minimum atomic E-state index is -0.896. The van der Waals surface area contributed by atoms with Gasteiger partial charge in [0.05, 0.1) is 18.3 Å². The number of fused-ring (bicyclic) bond motifs is 1. The number of anilines is 1. The second kappa shape index (κ2) is 10.5. The van der Waals surface area contributed by atoms with Crippen molar-refractivity contribution >= 4 is 17.6 Å². The van der Waals surface area contributed by atoms with Crippen LogP contribution in [0.25, 0.3) is 0 Å². The van der Waals surface area contributed by atoms with Crippen molar-refractivity contribution in [3.8, 4) is 0 Å². The van der Waals surface area contributed by atoms with Gasteiger partial charge in [0.1, 0.15) is 18.2 Å². The molecule has 3 amide bonds. The molecule has 0 spiro atoms. The van der Waals surface area contributed by atoms with Crippen LogP contribution in [0.2, 0.25) is 0 Å². The average molecular weight is 469 g/mol. The van der Waals surface area contributed by atoms with E-state index in [4.69, 9.17) is 4.74 Å². The van der Waals surface area contributed by atoms with Crippen molar-refractivity contribution in [2.45, 2.75) is 12.6 Å². The Labute approximate surface area is 196 Å². The molecule has 1 aliphatic rings. The number of halogens is 2. The van der Waals surface area contributed by atoms with Gasteiger partial charge in [-0.2, -0.15) is 0 Å². The number of rotatable bonds is 7. The van der Waals surface area contributed by atoms with Crippen LogP contribution in [0.4, 0.5) is 19.3 Å². The molecule has 1 aromatic heterocycles. The van der Waals surface area contributed by atoms with E-state index >= 15 is 0 Å². The second-order valence-electron chi connectivity index (χ2n) is 8.00. The predicted molar refractivity (Wildman–Crippen MR) is 123 cm³/mol. The van der Waals surface area contributed by atoms with Gasteiger partial charge in [-0.1, -0.05) is 30.3 Å². The lowest BCUT2D eigenvalue weighted by Crippen LogP contribution is -2.49. The zero-order chi connectivity index (χ0) is 24.1. The van der Waals surface area contributed by atoms with Crippen LogP contribution in [0.15, 0.2) is 66.9 Å². The first-order valence-corrected chi connectivity index (χ1v) is 11.0. The standard InChI is InChI=1S/C25H26F2N4O3/c1-34-15-14-30(25(33)28-21-10-9-19(26)16-20(21)27)17-23(32)31-13-12-29-11-5-8-22(29)24(31)18-6-3-2-4-7-18/h2-11,16,24H,12-15,17H2,1H3,(H,28,33). The van der Waals surface area contributed by atoms with E-state index in [-0.39, 0.29) is 37.3 Å². The zero-order valence-corrected chi connectivity index (χ0v) is 18.8. The maximum absolute atomic E-state index is 14.1. The number of carbonyl (C=O) groups is 2. The van der Waals surface area contributed by atoms with E-state index in [1.165, 1.54) is 12.0 Å². The minimum Gasteiger partial charge on any atom is -0.383 e. The number of nitrogens with one attached hydrogen (secondary N) is 1. The van der Waals surface area contributed by atoms with Gasteiger partial charge >= 0.3 is 6.03 Å². The smallest absolute Gasteiger partial charge is 0.322 e. The third-order valence-electron chi connectivity index (χ3n) is 5.83. The van der Waals surface area contributed by atoms with Crippen LogP contribution in [-0.2, 0) is 16.1 Å². The lowest BCUT2D eigenvalue weighted by atomic mass is 10.00. The molecule has 34 heavy (non-hydrogen) atoms. The van der Waals surface area contributed by atoms with Crippen molar-refractivity contribution in [1.82, 2.24) is 14.4 Å². The van der Waals surface area contributed by atoms with Crippen molar-refractivity contribution < 1.29 is 23.1 Å². The second-order valence-corrected chi connectivity index (χ2v) is 8.00. The van der Waals surface area contributed by atoms with Crippen molar-refractivity contribution in [3.63, 3.8) is 0 Å². The molecule has 3 aromatic rings. The van der Waals surface area contributed by atoms with Gasteiger partial charge in [-0.15, -0.1) is 0 Å². The highest BCUT2D eigenvalue weighted by molar-refractivity contribution is 5.92. The Bertz CT molecular complexity index is 1150. The van der Waals surface area contributed by atoms with Gasteiger partial charge in [-0.3, -0.25) is 4.79 Å². The number of nitrogens with zero attached hydrogens (tertiary/aromatic N) is 3. The molecule has 2 aromatic carbocycles. The van der Waals surface area contributed by atoms with Crippen molar-refractivity contribution in [3.05, 3.63) is 89.8 Å². The molecule has 0 saturated heterocycles. The van der Waals surface area contributed by atoms with E-state index in [0.29, 0.717) is 19.2 Å². The molecule has 4 rings (SSSR count). The number of benzene rings is 2. The van der Waals surface area contributed by atoms with E-state index in [0.717, 1.165) is 23.4 Å². The first-order chi connectivity index (χ1) is 16.5. The van der Waals surface area contributed by atoms with Crippen LogP contribution >= 0.6 is 0 Å². The Morgan fingerprint density at radius 3 is 2.62 bits per heavy atom. The van der Waals surface area contributed by atoms with Gasteiger partial charge in [-0.25, -0.2) is 13.6 Å². The van der Waals surface area contributed by atoms with Gasteiger partial charge in [0.2, 0.25) is 5.91 Å². The largest absolute Gasteiger partial charge is 0.383 e. The van der Waals surface area contributed by atoms with Crippen LogP contribution in [0.1, 0.15) is 17.3 Å². The van der Waals surface area contributed by atoms with Crippen molar-refractivity contribution in [2.24, 2.45) is 0 Å². The van der Waals surface area contributed by atoms with Gasteiger partial charge < -0.3 is 24.4 Å². The molecule has 0 aliphatic carbocycles. The Morgan fingerprint density at radius 1 is 1.09 bits per heavy atom. The van der Waals surface area contributed by atoms with E-state index in [1.54, 1.807) is 4.90 Å². The molecule has 0 saturated carbocycles. The van der Waals surface area contributed by atoms with E-state index in [1.807, 2.05) is 48.7 Å². The van der Waals surface area contributed by atoms with Gasteiger partial charge in [0.15, 0.2) is 0 Å². The number of methoxy groups -OCH3 is 1. The summed E-state index contributed by atoms with van der Waals surface area (Å²) in [6, 6.07) is 15.6. The fraction of sp³-hybridized carbons (Fsp3) is 0.280. The molecule has 2 heterocycles. The van der Waals surface area contributed by atoms with Gasteiger partial charge in [0.25, 0.3) is 0 Å². The molecule has 1 unspecified atom stereocenters. The molecule has 1 aliphatic heterocycles. The van der Waals surface area contributed by atoms with Crippen LogP contribution in [0.5, 0.6) is 0 Å². The number of ether oxygens (including phenoxy) is 1. The lowest BCUT2D eigenvalue weighted by molar-refractivity contribution is -0.134. The molecule has 0 fully saturated rings. The summed E-state index contributed by atoms with van der Waals surface area (Å²) >= 11 is 0. The summed E-state index contributed by atoms with van der Waals surface area (Å²) in [6.07, 6.45) is 1.99. The average Bonchev–Trinajstić information content (AvgIpc) is 3.32. The highest BCUT2D eigenvalue weighted by Gasteiger charge is 2.33. The monoisotopic (exact) mass is 468 g/mol. The third-order valence-corrected chi connectivity index (χ3v) is 5.83. The van der Waals surface area contributed by atoms with Crippen LogP contribution in [0.3, 0.4) is 0 Å². The van der Waals surface area contributed by atoms with Crippen molar-refractivity contribution in [2.75, 3.05) is 38.7 Å². The Balaban J connectivity index is 1.55. The molecule has 1 N–H and O–H groups in total. The highest BCUT2D eigenvalue weighted by atomic mass is 19.1. The minimum absolute atomic E-state index is 0.122. The fourth-order valence-corrected chi connectivity index (χ4v) is 4.13. The summed E-state index contributed by atoms with van der Waals surface area (Å²) in [4.78, 5) is 29.4. The highest BCUT2D eigenvalue weighted by Crippen LogP contribution is 2.32. The van der Waals surface area contributed by atoms with E-state index in [9.17, 15) is 18.4 Å². The maximum atomic E-state index is 14.1. The van der Waals surface area contributed by atoms with Crippen LogP contribution in [-0.4, -0.2) is 59.7 Å². The number of hydrogen-bond acceptors (Lipinski definition) is 3. The van der Waals surface area contributed by atoms with E-state index < -0.39 is 17.7 Å². The first kappa shape index (κ1) is 23.4. The summed E-state index contributed by atoms with van der Waals surface area (Å²) in [7, 11) is 1.49. The third kappa shape index (κ3) is 5.09. The maximum Gasteiger partial charge on any atom is 0.322 e. The lowest BCUT2D eigenvalue weighted by Gasteiger charge is -2.38. The Kier molecular flexibility index (Phi) is 7.22. The molecule has 178 valence electrons. The van der Waals surface area contributed by atoms with Crippen LogP contribution < -0.4 is 5.32 Å². The zero-order valence-electron chi connectivity index (χ0n) is 18.8. The predicted octanol–water partition coefficient (Wildman–Crippen LogP) is 3.88. The molecule has 7 nitrogen and oxygen atoms in total. The molecular formula is C25H26F2N4O3. The summed E-state index contributed by atoms with van der Waals surface area (Å²) in [5, 5.41) is 2.42. The normalized spacial score (nSPS) is 15.0. The fourth-order valence-electron chi connectivity index (χ4n) is 4.13. The number of hydrogen-bond donors (Lipinski definition) is 1. The van der Waals surface area contributed by atoms with E-state index in [2.05, 4.69) is 9.88 Å². The number of amides is 3. The first-order valence-electron chi connectivity index (χ1n) is 11.0. The molecule has 0 bridgehead atoms. The SMILES string of the molecule is COCCN(CC(=O)N1CCn2cccc2C1c1ccccc1)C(=O)Nc1ccc(F)cc1F. The molecule has 0 radical (unpaired) electrons. The molecule has 9 heteroatoms. The summed E-state index contributed by atoms with van der Waals surface area (Å²) in [6.45, 7) is 1.21. The Hall–Kier alpha value is -3.72. The number of carbonyl (C=O) groups excluding carboxylic acids is 2. The summed E-state index contributed by atoms with van der Waals surface area (Å²) < 4.78 is 34.5. The van der Waals surface area contributed by atoms with Crippen molar-refractivity contribution in [1.29, 1.82) is 0 Å². The Morgan fingerprint density at radius 2 is 1.88 bits per heavy atom. The van der Waals surface area contributed by atoms with Gasteiger partial charge in [0, 0.05) is 44.7 Å².